The summed E-state index contributed by atoms with van der Waals surface area (Å²) < 4.78 is 0. The summed E-state index contributed by atoms with van der Waals surface area (Å²) in [7, 11) is 1.87. The third-order valence-corrected chi connectivity index (χ3v) is 2.77. The first-order valence-electron chi connectivity index (χ1n) is 4.64. The summed E-state index contributed by atoms with van der Waals surface area (Å²) in [6.07, 6.45) is 0. The van der Waals surface area contributed by atoms with Crippen LogP contribution in [-0.2, 0) is 5.41 Å². The molecule has 0 radical (unpaired) electrons. The van der Waals surface area contributed by atoms with Crippen LogP contribution in [0.1, 0.15) is 12.5 Å². The van der Waals surface area contributed by atoms with Crippen LogP contribution in [0.15, 0.2) is 24.3 Å². The van der Waals surface area contributed by atoms with E-state index in [9.17, 15) is 5.11 Å². The maximum absolute atomic E-state index is 9.40. The van der Waals surface area contributed by atoms with Gasteiger partial charge >= 0.3 is 0 Å². The minimum absolute atomic E-state index is 0.0809. The number of likely N-dealkylation sites (N-methyl/N-ethyl adjacent to an activating group) is 1. The summed E-state index contributed by atoms with van der Waals surface area (Å²) in [5.74, 6) is 0. The molecule has 1 atom stereocenters. The van der Waals surface area contributed by atoms with Crippen LogP contribution in [0.5, 0.6) is 0 Å². The Morgan fingerprint density at radius 3 is 2.57 bits per heavy atom. The van der Waals surface area contributed by atoms with Crippen molar-refractivity contribution in [3.63, 3.8) is 0 Å². The van der Waals surface area contributed by atoms with Crippen molar-refractivity contribution in [3.8, 4) is 0 Å². The molecule has 0 aliphatic carbocycles. The Kier molecular flexibility index (Phi) is 3.93. The lowest BCUT2D eigenvalue weighted by Crippen LogP contribution is -2.37. The number of nitrogens with one attached hydrogen (secondary N) is 1. The van der Waals surface area contributed by atoms with Gasteiger partial charge in [-0.1, -0.05) is 36.7 Å². The standard InChI is InChI=1S/C11H16ClNO/c1-11(8-14,7-13-2)9-5-3-4-6-10(9)12/h3-6,13-14H,7-8H2,1-2H3. The van der Waals surface area contributed by atoms with Crippen molar-refractivity contribution < 1.29 is 5.11 Å². The lowest BCUT2D eigenvalue weighted by molar-refractivity contribution is 0.204. The molecule has 1 rings (SSSR count). The highest BCUT2D eigenvalue weighted by molar-refractivity contribution is 6.31. The predicted molar refractivity (Wildman–Crippen MR) is 59.8 cm³/mol. The fraction of sp³-hybridized carbons (Fsp3) is 0.455. The van der Waals surface area contributed by atoms with Crippen LogP contribution in [0.25, 0.3) is 0 Å². The molecule has 0 amide bonds. The van der Waals surface area contributed by atoms with Crippen LogP contribution in [0.2, 0.25) is 5.02 Å². The minimum atomic E-state index is -0.312. The molecule has 0 aromatic heterocycles. The fourth-order valence-corrected chi connectivity index (χ4v) is 1.94. The van der Waals surface area contributed by atoms with Gasteiger partial charge in [0, 0.05) is 17.0 Å². The monoisotopic (exact) mass is 213 g/mol. The maximum Gasteiger partial charge on any atom is 0.0538 e. The third-order valence-electron chi connectivity index (χ3n) is 2.44. The van der Waals surface area contributed by atoms with Crippen molar-refractivity contribution in [2.24, 2.45) is 0 Å². The van der Waals surface area contributed by atoms with E-state index in [4.69, 9.17) is 11.6 Å². The quantitative estimate of drug-likeness (QED) is 0.800. The van der Waals surface area contributed by atoms with Crippen LogP contribution in [0.3, 0.4) is 0 Å². The molecular weight excluding hydrogens is 198 g/mol. The number of benzene rings is 1. The van der Waals surface area contributed by atoms with Gasteiger partial charge in [-0.15, -0.1) is 0 Å². The molecule has 0 fully saturated rings. The van der Waals surface area contributed by atoms with Gasteiger partial charge in [-0.2, -0.15) is 0 Å². The Morgan fingerprint density at radius 1 is 1.43 bits per heavy atom. The Labute approximate surface area is 89.9 Å². The summed E-state index contributed by atoms with van der Waals surface area (Å²) in [5, 5.41) is 13.2. The molecule has 0 saturated heterocycles. The maximum atomic E-state index is 9.40. The Hall–Kier alpha value is -0.570. The van der Waals surface area contributed by atoms with Crippen LogP contribution >= 0.6 is 11.6 Å². The van der Waals surface area contributed by atoms with E-state index in [-0.39, 0.29) is 12.0 Å². The van der Waals surface area contributed by atoms with Gasteiger partial charge in [0.25, 0.3) is 0 Å². The molecule has 1 unspecified atom stereocenters. The summed E-state index contributed by atoms with van der Waals surface area (Å²) in [5.41, 5.74) is 0.672. The Balaban J connectivity index is 3.05. The van der Waals surface area contributed by atoms with E-state index in [1.165, 1.54) is 0 Å². The van der Waals surface area contributed by atoms with Crippen molar-refractivity contribution >= 4 is 11.6 Å². The lowest BCUT2D eigenvalue weighted by atomic mass is 9.83. The molecule has 2 N–H and O–H groups in total. The van der Waals surface area contributed by atoms with E-state index >= 15 is 0 Å². The SMILES string of the molecule is CNCC(C)(CO)c1ccccc1Cl. The molecule has 1 aromatic rings. The first-order chi connectivity index (χ1) is 6.64. The first kappa shape index (κ1) is 11.5. The number of rotatable bonds is 4. The number of halogens is 1. The highest BCUT2D eigenvalue weighted by atomic mass is 35.5. The van der Waals surface area contributed by atoms with E-state index < -0.39 is 0 Å². The molecule has 2 nitrogen and oxygen atoms in total. The van der Waals surface area contributed by atoms with Crippen LogP contribution in [-0.4, -0.2) is 25.3 Å². The number of hydrogen-bond acceptors (Lipinski definition) is 2. The first-order valence-corrected chi connectivity index (χ1v) is 5.02. The molecule has 0 bridgehead atoms. The minimum Gasteiger partial charge on any atom is -0.395 e. The number of aliphatic hydroxyl groups excluding tert-OH is 1. The number of aliphatic hydroxyl groups is 1. The van der Waals surface area contributed by atoms with Gasteiger partial charge < -0.3 is 10.4 Å². The van der Waals surface area contributed by atoms with Crippen molar-refractivity contribution in [1.29, 1.82) is 0 Å². The second kappa shape index (κ2) is 4.78. The van der Waals surface area contributed by atoms with Crippen LogP contribution < -0.4 is 5.32 Å². The van der Waals surface area contributed by atoms with Gasteiger partial charge in [0.1, 0.15) is 0 Å². The lowest BCUT2D eigenvalue weighted by Gasteiger charge is -2.28. The van der Waals surface area contributed by atoms with Gasteiger partial charge in [0.15, 0.2) is 0 Å². The zero-order chi connectivity index (χ0) is 10.6. The molecule has 78 valence electrons. The average Bonchev–Trinajstić information content (AvgIpc) is 2.18. The molecule has 14 heavy (non-hydrogen) atoms. The van der Waals surface area contributed by atoms with E-state index in [2.05, 4.69) is 5.32 Å². The normalized spacial score (nSPS) is 15.1. The predicted octanol–water partition coefficient (Wildman–Crippen LogP) is 1.81. The van der Waals surface area contributed by atoms with E-state index in [1.54, 1.807) is 0 Å². The third kappa shape index (κ3) is 2.27. The molecule has 0 aliphatic heterocycles. The van der Waals surface area contributed by atoms with E-state index in [1.807, 2.05) is 38.2 Å². The average molecular weight is 214 g/mol. The van der Waals surface area contributed by atoms with Crippen molar-refractivity contribution in [3.05, 3.63) is 34.9 Å². The molecule has 0 aliphatic rings. The molecule has 0 heterocycles. The van der Waals surface area contributed by atoms with Crippen LogP contribution in [0.4, 0.5) is 0 Å². The van der Waals surface area contributed by atoms with Gasteiger partial charge in [0.05, 0.1) is 6.61 Å². The van der Waals surface area contributed by atoms with Crippen molar-refractivity contribution in [2.45, 2.75) is 12.3 Å². The summed E-state index contributed by atoms with van der Waals surface area (Å²) in [6.45, 7) is 2.77. The molecule has 0 spiro atoms. The van der Waals surface area contributed by atoms with E-state index in [0.717, 1.165) is 5.56 Å². The highest BCUT2D eigenvalue weighted by Gasteiger charge is 2.26. The Bertz CT molecular complexity index is 303. The van der Waals surface area contributed by atoms with Gasteiger partial charge in [0.2, 0.25) is 0 Å². The van der Waals surface area contributed by atoms with Gasteiger partial charge in [-0.25, -0.2) is 0 Å². The number of hydrogen-bond donors (Lipinski definition) is 2. The molecule has 3 heteroatoms. The second-order valence-corrected chi connectivity index (χ2v) is 4.14. The zero-order valence-corrected chi connectivity index (χ0v) is 9.30. The summed E-state index contributed by atoms with van der Waals surface area (Å²) >= 11 is 6.08. The molecular formula is C11H16ClNO. The summed E-state index contributed by atoms with van der Waals surface area (Å²) in [6, 6.07) is 7.63. The summed E-state index contributed by atoms with van der Waals surface area (Å²) in [4.78, 5) is 0. The van der Waals surface area contributed by atoms with Gasteiger partial charge in [-0.05, 0) is 18.7 Å². The highest BCUT2D eigenvalue weighted by Crippen LogP contribution is 2.28. The molecule has 0 saturated carbocycles. The van der Waals surface area contributed by atoms with Crippen molar-refractivity contribution in [2.75, 3.05) is 20.2 Å². The van der Waals surface area contributed by atoms with Crippen LogP contribution in [0, 0.1) is 0 Å². The second-order valence-electron chi connectivity index (χ2n) is 3.73. The molecule has 1 aromatic carbocycles. The smallest absolute Gasteiger partial charge is 0.0538 e. The largest absolute Gasteiger partial charge is 0.395 e. The zero-order valence-electron chi connectivity index (χ0n) is 8.55. The fourth-order valence-electron chi connectivity index (χ4n) is 1.58. The van der Waals surface area contributed by atoms with Crippen molar-refractivity contribution in [1.82, 2.24) is 5.32 Å². The van der Waals surface area contributed by atoms with Gasteiger partial charge in [-0.3, -0.25) is 0 Å². The topological polar surface area (TPSA) is 32.3 Å². The Morgan fingerprint density at radius 2 is 2.07 bits per heavy atom. The van der Waals surface area contributed by atoms with E-state index in [0.29, 0.717) is 11.6 Å².